The van der Waals surface area contributed by atoms with E-state index in [1.807, 2.05) is 0 Å². The first-order valence-corrected chi connectivity index (χ1v) is 3.98. The number of cyclic esters (lactones) is 1. The van der Waals surface area contributed by atoms with Crippen molar-refractivity contribution < 1.29 is 19.4 Å². The fourth-order valence-electron chi connectivity index (χ4n) is 1.19. The summed E-state index contributed by atoms with van der Waals surface area (Å²) in [5, 5.41) is 9.57. The number of hydrogen-bond donors (Lipinski definition) is 1. The molecule has 0 bridgehead atoms. The molecular formula is C8H12O4. The quantitative estimate of drug-likeness (QED) is 0.448. The van der Waals surface area contributed by atoms with E-state index in [4.69, 9.17) is 0 Å². The van der Waals surface area contributed by atoms with E-state index in [1.165, 1.54) is 6.92 Å². The van der Waals surface area contributed by atoms with E-state index in [1.54, 1.807) is 0 Å². The summed E-state index contributed by atoms with van der Waals surface area (Å²) < 4.78 is 4.67. The average molecular weight is 172 g/mol. The summed E-state index contributed by atoms with van der Waals surface area (Å²) in [7, 11) is 0. The molecule has 1 fully saturated rings. The first-order valence-electron chi connectivity index (χ1n) is 3.98. The molecule has 1 unspecified atom stereocenters. The van der Waals surface area contributed by atoms with E-state index in [9.17, 15) is 14.7 Å². The van der Waals surface area contributed by atoms with Gasteiger partial charge in [-0.1, -0.05) is 0 Å². The number of ether oxygens (including phenoxy) is 1. The first kappa shape index (κ1) is 9.19. The third kappa shape index (κ3) is 1.48. The summed E-state index contributed by atoms with van der Waals surface area (Å²) in [5.74, 6) is -1.33. The molecule has 0 amide bonds. The number of ketones is 1. The van der Waals surface area contributed by atoms with Crippen LogP contribution < -0.4 is 0 Å². The molecule has 1 saturated heterocycles. The number of carbonyl (C=O) groups excluding carboxylic acids is 2. The van der Waals surface area contributed by atoms with Gasteiger partial charge in [0.25, 0.3) is 0 Å². The van der Waals surface area contributed by atoms with Crippen molar-refractivity contribution in [3.8, 4) is 0 Å². The van der Waals surface area contributed by atoms with Crippen LogP contribution in [0.25, 0.3) is 0 Å². The zero-order valence-electron chi connectivity index (χ0n) is 7.00. The molecule has 1 N–H and O–H groups in total. The van der Waals surface area contributed by atoms with Crippen LogP contribution in [0, 0.1) is 0 Å². The molecule has 0 spiro atoms. The summed E-state index contributed by atoms with van der Waals surface area (Å²) in [5.41, 5.74) is -1.88. The van der Waals surface area contributed by atoms with Gasteiger partial charge in [-0.25, -0.2) is 4.79 Å². The number of esters is 1. The van der Waals surface area contributed by atoms with Crippen LogP contribution in [0.1, 0.15) is 26.2 Å². The van der Waals surface area contributed by atoms with Gasteiger partial charge in [0.1, 0.15) is 0 Å². The molecule has 0 saturated carbocycles. The molecule has 4 heteroatoms. The molecule has 0 radical (unpaired) electrons. The number of rotatable bonds is 1. The Hall–Kier alpha value is -0.900. The molecular weight excluding hydrogens is 160 g/mol. The summed E-state index contributed by atoms with van der Waals surface area (Å²) in [4.78, 5) is 22.0. The number of hydrogen-bond acceptors (Lipinski definition) is 4. The lowest BCUT2D eigenvalue weighted by atomic mass is 9.94. The van der Waals surface area contributed by atoms with Crippen molar-refractivity contribution in [2.45, 2.75) is 31.8 Å². The summed E-state index contributed by atoms with van der Waals surface area (Å²) >= 11 is 0. The van der Waals surface area contributed by atoms with Crippen molar-refractivity contribution in [2.24, 2.45) is 0 Å². The van der Waals surface area contributed by atoms with Crippen LogP contribution in [-0.2, 0) is 14.3 Å². The molecule has 1 rings (SSSR count). The van der Waals surface area contributed by atoms with Crippen LogP contribution in [0.5, 0.6) is 0 Å². The Kier molecular flexibility index (Phi) is 2.47. The maximum absolute atomic E-state index is 11.1. The minimum absolute atomic E-state index is 0.182. The van der Waals surface area contributed by atoms with E-state index in [2.05, 4.69) is 4.74 Å². The van der Waals surface area contributed by atoms with Gasteiger partial charge in [0.15, 0.2) is 5.78 Å². The minimum Gasteiger partial charge on any atom is -0.463 e. The second-order valence-corrected chi connectivity index (χ2v) is 3.01. The van der Waals surface area contributed by atoms with Gasteiger partial charge in [0.2, 0.25) is 5.60 Å². The Morgan fingerprint density at radius 1 is 1.58 bits per heavy atom. The molecule has 0 aliphatic carbocycles. The van der Waals surface area contributed by atoms with Crippen LogP contribution in [0.3, 0.4) is 0 Å². The fraction of sp³-hybridized carbons (Fsp3) is 0.750. The Labute approximate surface area is 70.5 Å². The minimum atomic E-state index is -1.88. The highest BCUT2D eigenvalue weighted by Crippen LogP contribution is 2.21. The van der Waals surface area contributed by atoms with Crippen LogP contribution >= 0.6 is 0 Å². The van der Waals surface area contributed by atoms with Crippen molar-refractivity contribution >= 4 is 11.8 Å². The van der Waals surface area contributed by atoms with Gasteiger partial charge in [-0.05, 0) is 26.2 Å². The van der Waals surface area contributed by atoms with E-state index in [0.717, 1.165) is 0 Å². The maximum atomic E-state index is 11.1. The molecule has 1 heterocycles. The lowest BCUT2D eigenvalue weighted by Gasteiger charge is -2.19. The number of aliphatic hydroxyl groups is 1. The lowest BCUT2D eigenvalue weighted by molar-refractivity contribution is -0.168. The Bertz CT molecular complexity index is 211. The van der Waals surface area contributed by atoms with E-state index >= 15 is 0 Å². The molecule has 1 atom stereocenters. The Morgan fingerprint density at radius 2 is 2.25 bits per heavy atom. The zero-order chi connectivity index (χ0) is 9.19. The fourth-order valence-corrected chi connectivity index (χ4v) is 1.19. The van der Waals surface area contributed by atoms with Crippen molar-refractivity contribution in [3.63, 3.8) is 0 Å². The smallest absolute Gasteiger partial charge is 0.345 e. The van der Waals surface area contributed by atoms with Gasteiger partial charge < -0.3 is 9.84 Å². The monoisotopic (exact) mass is 172 g/mol. The maximum Gasteiger partial charge on any atom is 0.345 e. The van der Waals surface area contributed by atoms with Gasteiger partial charge in [-0.2, -0.15) is 0 Å². The van der Waals surface area contributed by atoms with Crippen LogP contribution in [0.2, 0.25) is 0 Å². The molecule has 0 aromatic heterocycles. The Morgan fingerprint density at radius 3 is 2.83 bits per heavy atom. The second-order valence-electron chi connectivity index (χ2n) is 3.01. The number of Topliss-reactive ketones (excluding diaryl/α,β-unsaturated/α-hetero) is 1. The molecule has 12 heavy (non-hydrogen) atoms. The molecule has 1 aliphatic heterocycles. The summed E-state index contributed by atoms with van der Waals surface area (Å²) in [6.07, 6.45) is 1.53. The second kappa shape index (κ2) is 3.23. The van der Waals surface area contributed by atoms with Gasteiger partial charge in [0, 0.05) is 0 Å². The summed E-state index contributed by atoms with van der Waals surface area (Å²) in [6.45, 7) is 1.50. The van der Waals surface area contributed by atoms with Gasteiger partial charge in [0.05, 0.1) is 6.61 Å². The van der Waals surface area contributed by atoms with Gasteiger partial charge in [-0.3, -0.25) is 4.79 Å². The molecule has 0 aromatic carbocycles. The highest BCUT2D eigenvalue weighted by molar-refractivity contribution is 6.05. The average Bonchev–Trinajstić information content (AvgIpc) is 2.16. The number of carbonyl (C=O) groups is 2. The predicted octanol–water partition coefficient (Wildman–Crippen LogP) is 0.0336. The summed E-state index contributed by atoms with van der Waals surface area (Å²) in [6, 6.07) is 0. The highest BCUT2D eigenvalue weighted by atomic mass is 16.6. The van der Waals surface area contributed by atoms with Crippen molar-refractivity contribution in [1.82, 2.24) is 0 Å². The highest BCUT2D eigenvalue weighted by Gasteiger charge is 2.43. The SMILES string of the molecule is CC(=O)C1(O)CCCCOC1=O. The topological polar surface area (TPSA) is 63.6 Å². The van der Waals surface area contributed by atoms with E-state index < -0.39 is 17.4 Å². The zero-order valence-corrected chi connectivity index (χ0v) is 7.00. The molecule has 1 aliphatic rings. The normalized spacial score (nSPS) is 30.7. The molecule has 0 aromatic rings. The predicted molar refractivity (Wildman–Crippen MR) is 40.4 cm³/mol. The molecule has 4 nitrogen and oxygen atoms in total. The van der Waals surface area contributed by atoms with Crippen LogP contribution in [0.15, 0.2) is 0 Å². The Balaban J connectivity index is 2.83. The van der Waals surface area contributed by atoms with Crippen molar-refractivity contribution in [3.05, 3.63) is 0 Å². The lowest BCUT2D eigenvalue weighted by Crippen LogP contribution is -2.45. The third-order valence-electron chi connectivity index (χ3n) is 2.09. The van der Waals surface area contributed by atoms with Gasteiger partial charge >= 0.3 is 5.97 Å². The van der Waals surface area contributed by atoms with Crippen LogP contribution in [-0.4, -0.2) is 29.1 Å². The van der Waals surface area contributed by atoms with E-state index in [0.29, 0.717) is 19.4 Å². The standard InChI is InChI=1S/C8H12O4/c1-6(9)8(11)4-2-3-5-12-7(8)10/h11H,2-5H2,1H3. The van der Waals surface area contributed by atoms with E-state index in [-0.39, 0.29) is 6.42 Å². The largest absolute Gasteiger partial charge is 0.463 e. The van der Waals surface area contributed by atoms with Crippen molar-refractivity contribution in [2.75, 3.05) is 6.61 Å². The van der Waals surface area contributed by atoms with Crippen molar-refractivity contribution in [1.29, 1.82) is 0 Å². The van der Waals surface area contributed by atoms with Crippen LogP contribution in [0.4, 0.5) is 0 Å². The third-order valence-corrected chi connectivity index (χ3v) is 2.09. The van der Waals surface area contributed by atoms with Gasteiger partial charge in [-0.15, -0.1) is 0 Å². The molecule has 68 valence electrons. The first-order chi connectivity index (χ1) is 5.57.